The Labute approximate surface area is 148 Å². The summed E-state index contributed by atoms with van der Waals surface area (Å²) in [7, 11) is 1.60. The van der Waals surface area contributed by atoms with Gasteiger partial charge in [0, 0.05) is 23.7 Å². The SMILES string of the molecule is COc1ccc(Cl)cc1NCCC(=O)Nc1ccc(C(C)C)cc1. The molecular weight excluding hydrogens is 324 g/mol. The molecule has 24 heavy (non-hydrogen) atoms. The molecule has 0 aliphatic heterocycles. The Balaban J connectivity index is 1.84. The van der Waals surface area contributed by atoms with Crippen LogP contribution in [0.15, 0.2) is 42.5 Å². The predicted octanol–water partition coefficient (Wildman–Crippen LogP) is 4.91. The molecule has 0 saturated carbocycles. The summed E-state index contributed by atoms with van der Waals surface area (Å²) in [6.45, 7) is 4.78. The molecule has 0 saturated heterocycles. The lowest BCUT2D eigenvalue weighted by Gasteiger charge is -2.12. The van der Waals surface area contributed by atoms with Crippen LogP contribution in [-0.4, -0.2) is 19.6 Å². The standard InChI is InChI=1S/C19H23ClN2O2/c1-13(2)14-4-7-16(8-5-14)22-19(23)10-11-21-17-12-15(20)6-9-18(17)24-3/h4-9,12-13,21H,10-11H2,1-3H3,(H,22,23). The fourth-order valence-corrected chi connectivity index (χ4v) is 2.48. The third kappa shape index (κ3) is 5.17. The summed E-state index contributed by atoms with van der Waals surface area (Å²) < 4.78 is 5.26. The smallest absolute Gasteiger partial charge is 0.226 e. The van der Waals surface area contributed by atoms with Crippen molar-refractivity contribution in [3.63, 3.8) is 0 Å². The van der Waals surface area contributed by atoms with Crippen molar-refractivity contribution in [1.82, 2.24) is 0 Å². The molecule has 0 heterocycles. The average molecular weight is 347 g/mol. The molecule has 0 aromatic heterocycles. The molecule has 0 aliphatic carbocycles. The van der Waals surface area contributed by atoms with Gasteiger partial charge in [-0.15, -0.1) is 0 Å². The Morgan fingerprint density at radius 1 is 1.17 bits per heavy atom. The van der Waals surface area contributed by atoms with Crippen molar-refractivity contribution in [1.29, 1.82) is 0 Å². The highest BCUT2D eigenvalue weighted by Gasteiger charge is 2.06. The zero-order valence-corrected chi connectivity index (χ0v) is 15.0. The highest BCUT2D eigenvalue weighted by atomic mass is 35.5. The number of nitrogens with one attached hydrogen (secondary N) is 2. The second kappa shape index (κ2) is 8.60. The van der Waals surface area contributed by atoms with Crippen LogP contribution in [0, 0.1) is 0 Å². The lowest BCUT2D eigenvalue weighted by atomic mass is 10.0. The average Bonchev–Trinajstić information content (AvgIpc) is 2.55. The maximum Gasteiger partial charge on any atom is 0.226 e. The van der Waals surface area contributed by atoms with Crippen LogP contribution in [0.5, 0.6) is 5.75 Å². The van der Waals surface area contributed by atoms with E-state index < -0.39 is 0 Å². The van der Waals surface area contributed by atoms with Gasteiger partial charge in [0.1, 0.15) is 5.75 Å². The van der Waals surface area contributed by atoms with E-state index in [2.05, 4.69) is 24.5 Å². The Bertz CT molecular complexity index is 684. The van der Waals surface area contributed by atoms with Crippen LogP contribution in [-0.2, 0) is 4.79 Å². The van der Waals surface area contributed by atoms with Gasteiger partial charge >= 0.3 is 0 Å². The van der Waals surface area contributed by atoms with Crippen LogP contribution in [0.3, 0.4) is 0 Å². The Morgan fingerprint density at radius 3 is 2.50 bits per heavy atom. The number of methoxy groups -OCH3 is 1. The largest absolute Gasteiger partial charge is 0.495 e. The summed E-state index contributed by atoms with van der Waals surface area (Å²) >= 11 is 5.98. The molecule has 0 unspecified atom stereocenters. The lowest BCUT2D eigenvalue weighted by molar-refractivity contribution is -0.115. The van der Waals surface area contributed by atoms with Gasteiger partial charge < -0.3 is 15.4 Å². The minimum atomic E-state index is -0.0409. The molecule has 0 atom stereocenters. The van der Waals surface area contributed by atoms with Crippen LogP contribution < -0.4 is 15.4 Å². The van der Waals surface area contributed by atoms with Gasteiger partial charge in [0.05, 0.1) is 12.8 Å². The number of anilines is 2. The van der Waals surface area contributed by atoms with E-state index in [4.69, 9.17) is 16.3 Å². The third-order valence-corrected chi connectivity index (χ3v) is 3.93. The van der Waals surface area contributed by atoms with E-state index in [1.165, 1.54) is 5.56 Å². The summed E-state index contributed by atoms with van der Waals surface area (Å²) in [5.41, 5.74) is 2.84. The number of carbonyl (C=O) groups excluding carboxylic acids is 1. The van der Waals surface area contributed by atoms with E-state index in [-0.39, 0.29) is 5.91 Å². The van der Waals surface area contributed by atoms with Crippen molar-refractivity contribution in [3.05, 3.63) is 53.1 Å². The Morgan fingerprint density at radius 2 is 1.88 bits per heavy atom. The van der Waals surface area contributed by atoms with Gasteiger partial charge in [-0.1, -0.05) is 37.6 Å². The van der Waals surface area contributed by atoms with Crippen molar-refractivity contribution in [2.45, 2.75) is 26.2 Å². The van der Waals surface area contributed by atoms with Gasteiger partial charge in [-0.25, -0.2) is 0 Å². The van der Waals surface area contributed by atoms with E-state index in [0.717, 1.165) is 11.4 Å². The van der Waals surface area contributed by atoms with Crippen LogP contribution >= 0.6 is 11.6 Å². The van der Waals surface area contributed by atoms with Gasteiger partial charge in [0.2, 0.25) is 5.91 Å². The number of ether oxygens (including phenoxy) is 1. The normalized spacial score (nSPS) is 10.5. The highest BCUT2D eigenvalue weighted by Crippen LogP contribution is 2.27. The van der Waals surface area contributed by atoms with Gasteiger partial charge in [0.15, 0.2) is 0 Å². The second-order valence-electron chi connectivity index (χ2n) is 5.85. The van der Waals surface area contributed by atoms with Crippen LogP contribution in [0.2, 0.25) is 5.02 Å². The summed E-state index contributed by atoms with van der Waals surface area (Å²) in [5.74, 6) is 1.14. The molecule has 2 aromatic carbocycles. The van der Waals surface area contributed by atoms with Crippen LogP contribution in [0.25, 0.3) is 0 Å². The van der Waals surface area contributed by atoms with Gasteiger partial charge in [-0.3, -0.25) is 4.79 Å². The first kappa shape index (κ1) is 18.1. The number of amides is 1. The molecule has 2 aromatic rings. The Hall–Kier alpha value is -2.20. The molecule has 0 spiro atoms. The predicted molar refractivity (Wildman–Crippen MR) is 100 cm³/mol. The van der Waals surface area contributed by atoms with E-state index in [1.807, 2.05) is 24.3 Å². The van der Waals surface area contributed by atoms with Crippen LogP contribution in [0.4, 0.5) is 11.4 Å². The van der Waals surface area contributed by atoms with Gasteiger partial charge in [0.25, 0.3) is 0 Å². The Kier molecular flexibility index (Phi) is 6.50. The molecule has 1 amide bonds. The minimum Gasteiger partial charge on any atom is -0.495 e. The first-order chi connectivity index (χ1) is 11.5. The minimum absolute atomic E-state index is 0.0409. The summed E-state index contributed by atoms with van der Waals surface area (Å²) in [4.78, 5) is 12.0. The third-order valence-electron chi connectivity index (χ3n) is 3.69. The topological polar surface area (TPSA) is 50.4 Å². The monoisotopic (exact) mass is 346 g/mol. The van der Waals surface area contributed by atoms with E-state index in [9.17, 15) is 4.79 Å². The number of halogens is 1. The van der Waals surface area contributed by atoms with E-state index >= 15 is 0 Å². The fourth-order valence-electron chi connectivity index (χ4n) is 2.30. The lowest BCUT2D eigenvalue weighted by Crippen LogP contribution is -2.16. The zero-order chi connectivity index (χ0) is 17.5. The van der Waals surface area contributed by atoms with Crippen molar-refractivity contribution in [2.75, 3.05) is 24.3 Å². The van der Waals surface area contributed by atoms with Crippen molar-refractivity contribution < 1.29 is 9.53 Å². The molecular formula is C19H23ClN2O2. The van der Waals surface area contributed by atoms with Crippen molar-refractivity contribution >= 4 is 28.9 Å². The van der Waals surface area contributed by atoms with Crippen LogP contribution in [0.1, 0.15) is 31.7 Å². The van der Waals surface area contributed by atoms with Gasteiger partial charge in [-0.2, -0.15) is 0 Å². The van der Waals surface area contributed by atoms with Gasteiger partial charge in [-0.05, 0) is 41.8 Å². The number of hydrogen-bond donors (Lipinski definition) is 2. The van der Waals surface area contributed by atoms with Crippen molar-refractivity contribution in [2.24, 2.45) is 0 Å². The molecule has 4 nitrogen and oxygen atoms in total. The number of rotatable bonds is 7. The van der Waals surface area contributed by atoms with Crippen molar-refractivity contribution in [3.8, 4) is 5.75 Å². The molecule has 128 valence electrons. The summed E-state index contributed by atoms with van der Waals surface area (Å²) in [6.07, 6.45) is 0.349. The maximum absolute atomic E-state index is 12.0. The quantitative estimate of drug-likeness (QED) is 0.748. The fraction of sp³-hybridized carbons (Fsp3) is 0.316. The van der Waals surface area contributed by atoms with E-state index in [0.29, 0.717) is 29.7 Å². The summed E-state index contributed by atoms with van der Waals surface area (Å²) in [5, 5.41) is 6.69. The zero-order valence-electron chi connectivity index (χ0n) is 14.2. The summed E-state index contributed by atoms with van der Waals surface area (Å²) in [6, 6.07) is 13.3. The molecule has 0 bridgehead atoms. The molecule has 0 aliphatic rings. The molecule has 0 radical (unpaired) electrons. The maximum atomic E-state index is 12.0. The second-order valence-corrected chi connectivity index (χ2v) is 6.28. The number of benzene rings is 2. The van der Waals surface area contributed by atoms with E-state index in [1.54, 1.807) is 25.3 Å². The molecule has 2 rings (SSSR count). The first-order valence-electron chi connectivity index (χ1n) is 7.97. The molecule has 0 fully saturated rings. The number of hydrogen-bond acceptors (Lipinski definition) is 3. The molecule has 5 heteroatoms. The first-order valence-corrected chi connectivity index (χ1v) is 8.34. The number of carbonyl (C=O) groups is 1. The highest BCUT2D eigenvalue weighted by molar-refractivity contribution is 6.30. The molecule has 2 N–H and O–H groups in total.